The van der Waals surface area contributed by atoms with Crippen LogP contribution < -0.4 is 31.9 Å². The zero-order valence-corrected chi connectivity index (χ0v) is 36.2. The summed E-state index contributed by atoms with van der Waals surface area (Å²) in [5, 5.41) is 17.6. The van der Waals surface area contributed by atoms with Gasteiger partial charge in [0.1, 0.15) is 18.1 Å². The van der Waals surface area contributed by atoms with Gasteiger partial charge in [-0.1, -0.05) is 113 Å². The fourth-order valence-electron chi connectivity index (χ4n) is 6.46. The fourth-order valence-corrected chi connectivity index (χ4v) is 6.46. The predicted molar refractivity (Wildman–Crippen MR) is 223 cm³/mol. The molecule has 6 N–H and O–H groups in total. The van der Waals surface area contributed by atoms with Crippen molar-refractivity contribution in [2.24, 2.45) is 17.8 Å². The van der Waals surface area contributed by atoms with Crippen molar-refractivity contribution in [2.75, 3.05) is 19.6 Å². The molecule has 0 aliphatic rings. The van der Waals surface area contributed by atoms with E-state index in [-0.39, 0.29) is 47.3 Å². The maximum absolute atomic E-state index is 13.7. The topological polar surface area (TPSA) is 175 Å². The largest absolute Gasteiger partial charge is 0.356 e. The monoisotopic (exact) mass is 779 g/mol. The number of likely N-dealkylation sites (N-methyl/N-ethyl adjacent to an activating group) is 1. The summed E-state index contributed by atoms with van der Waals surface area (Å²) in [5.74, 6) is -1.60. The third-order valence-corrected chi connectivity index (χ3v) is 10.3. The Morgan fingerprint density at radius 2 is 0.691 bits per heavy atom. The highest BCUT2D eigenvalue weighted by molar-refractivity contribution is 5.92. The minimum Gasteiger partial charge on any atom is -0.356 e. The highest BCUT2D eigenvalue weighted by Gasteiger charge is 2.28. The standard InChI is InChI=1S/C43H82N6O6/c1-9-14-17-25-32(6)38(50)45-30-22-21-29-37(48-40(52)34(8)27-19-16-11-3)43(55)49-36(41(53)44-13-5)28-20-23-31-46-42(54)35(24-12-4)47-39(51)33(7)26-18-15-10-2/h32-37H,9-31H2,1-8H3,(H,44,53)(H,45,50)(H,46,54)(H,47,51)(H,48,52)(H,49,55). The van der Waals surface area contributed by atoms with E-state index in [0.29, 0.717) is 64.6 Å². The van der Waals surface area contributed by atoms with Gasteiger partial charge in [-0.05, 0) is 71.1 Å². The van der Waals surface area contributed by atoms with Gasteiger partial charge < -0.3 is 31.9 Å². The lowest BCUT2D eigenvalue weighted by Gasteiger charge is -2.24. The van der Waals surface area contributed by atoms with Crippen molar-refractivity contribution in [1.82, 2.24) is 31.9 Å². The minimum absolute atomic E-state index is 0.0410. The van der Waals surface area contributed by atoms with Gasteiger partial charge in [0.15, 0.2) is 0 Å². The zero-order valence-electron chi connectivity index (χ0n) is 36.2. The molecular weight excluding hydrogens is 697 g/mol. The molecule has 6 atom stereocenters. The van der Waals surface area contributed by atoms with Gasteiger partial charge in [-0.2, -0.15) is 0 Å². The SMILES string of the molecule is CCCCCC(C)C(=O)NCCCCC(NC(=O)C(C)CCCCC)C(=O)NC(CCCCNC(=O)C(CCC)NC(=O)C(C)CCCCC)C(=O)NCC. The van der Waals surface area contributed by atoms with E-state index in [1.165, 1.54) is 0 Å². The van der Waals surface area contributed by atoms with Crippen molar-refractivity contribution >= 4 is 35.4 Å². The fraction of sp³-hybridized carbons (Fsp3) is 0.860. The summed E-state index contributed by atoms with van der Waals surface area (Å²) >= 11 is 0. The van der Waals surface area contributed by atoms with Crippen LogP contribution in [0.15, 0.2) is 0 Å². The van der Waals surface area contributed by atoms with Crippen molar-refractivity contribution < 1.29 is 28.8 Å². The van der Waals surface area contributed by atoms with Crippen LogP contribution in [0.25, 0.3) is 0 Å². The van der Waals surface area contributed by atoms with Crippen LogP contribution >= 0.6 is 0 Å². The molecule has 12 nitrogen and oxygen atoms in total. The molecule has 55 heavy (non-hydrogen) atoms. The number of unbranched alkanes of at least 4 members (excludes halogenated alkanes) is 8. The molecule has 0 aromatic carbocycles. The lowest BCUT2D eigenvalue weighted by Crippen LogP contribution is -2.54. The number of carbonyl (C=O) groups excluding carboxylic acids is 6. The first kappa shape index (κ1) is 51.8. The average molecular weight is 779 g/mol. The van der Waals surface area contributed by atoms with E-state index < -0.39 is 24.0 Å². The molecule has 0 aliphatic heterocycles. The van der Waals surface area contributed by atoms with E-state index in [9.17, 15) is 28.8 Å². The van der Waals surface area contributed by atoms with Gasteiger partial charge in [0.05, 0.1) is 0 Å². The van der Waals surface area contributed by atoms with Crippen LogP contribution in [-0.4, -0.2) is 73.2 Å². The lowest BCUT2D eigenvalue weighted by atomic mass is 10.0. The Morgan fingerprint density at radius 1 is 0.345 bits per heavy atom. The molecular formula is C43H82N6O6. The van der Waals surface area contributed by atoms with Crippen molar-refractivity contribution in [3.8, 4) is 0 Å². The molecule has 0 saturated heterocycles. The molecule has 0 rings (SSSR count). The maximum Gasteiger partial charge on any atom is 0.243 e. The predicted octanol–water partition coefficient (Wildman–Crippen LogP) is 6.60. The molecule has 0 bridgehead atoms. The Hall–Kier alpha value is -3.18. The summed E-state index contributed by atoms with van der Waals surface area (Å²) in [5.41, 5.74) is 0. The summed E-state index contributed by atoms with van der Waals surface area (Å²) in [6.45, 7) is 17.2. The molecule has 12 heteroatoms. The van der Waals surface area contributed by atoms with Crippen LogP contribution in [0.3, 0.4) is 0 Å². The van der Waals surface area contributed by atoms with E-state index in [1.54, 1.807) is 0 Å². The third kappa shape index (κ3) is 24.8. The Labute approximate surface area is 334 Å². The van der Waals surface area contributed by atoms with Crippen molar-refractivity contribution in [1.29, 1.82) is 0 Å². The first-order valence-corrected chi connectivity index (χ1v) is 22.1. The Morgan fingerprint density at radius 3 is 1.11 bits per heavy atom. The zero-order chi connectivity index (χ0) is 41.4. The third-order valence-electron chi connectivity index (χ3n) is 10.3. The molecule has 6 unspecified atom stereocenters. The molecule has 0 radical (unpaired) electrons. The Bertz CT molecular complexity index is 1090. The molecule has 0 aromatic rings. The highest BCUT2D eigenvalue weighted by atomic mass is 16.2. The van der Waals surface area contributed by atoms with E-state index in [2.05, 4.69) is 52.7 Å². The van der Waals surface area contributed by atoms with Gasteiger partial charge in [0.25, 0.3) is 0 Å². The molecule has 0 saturated carbocycles. The molecule has 0 aromatic heterocycles. The molecule has 0 heterocycles. The Kier molecular flexibility index (Phi) is 31.1. The van der Waals surface area contributed by atoms with Crippen LogP contribution in [0.4, 0.5) is 0 Å². The number of hydrogen-bond donors (Lipinski definition) is 6. The molecule has 0 aliphatic carbocycles. The van der Waals surface area contributed by atoms with Gasteiger partial charge in [0, 0.05) is 37.4 Å². The quantitative estimate of drug-likeness (QED) is 0.0402. The maximum atomic E-state index is 13.7. The number of carbonyl (C=O) groups is 6. The first-order chi connectivity index (χ1) is 26.4. The van der Waals surface area contributed by atoms with Gasteiger partial charge in [-0.3, -0.25) is 28.8 Å². The van der Waals surface area contributed by atoms with E-state index in [0.717, 1.165) is 83.5 Å². The second-order valence-corrected chi connectivity index (χ2v) is 15.6. The van der Waals surface area contributed by atoms with Gasteiger partial charge in [-0.25, -0.2) is 0 Å². The van der Waals surface area contributed by atoms with Crippen molar-refractivity contribution in [3.63, 3.8) is 0 Å². The van der Waals surface area contributed by atoms with E-state index in [1.807, 2.05) is 34.6 Å². The van der Waals surface area contributed by atoms with Crippen LogP contribution in [0.2, 0.25) is 0 Å². The second-order valence-electron chi connectivity index (χ2n) is 15.6. The van der Waals surface area contributed by atoms with E-state index in [4.69, 9.17) is 0 Å². The van der Waals surface area contributed by atoms with Crippen LogP contribution in [-0.2, 0) is 28.8 Å². The molecule has 0 spiro atoms. The molecule has 320 valence electrons. The smallest absolute Gasteiger partial charge is 0.243 e. The molecule has 6 amide bonds. The average Bonchev–Trinajstić information content (AvgIpc) is 3.16. The summed E-state index contributed by atoms with van der Waals surface area (Å²) in [7, 11) is 0. The summed E-state index contributed by atoms with van der Waals surface area (Å²) in [4.78, 5) is 78.3. The minimum atomic E-state index is -0.818. The van der Waals surface area contributed by atoms with Gasteiger partial charge in [0.2, 0.25) is 35.4 Å². The Balaban J connectivity index is 5.36. The van der Waals surface area contributed by atoms with Crippen LogP contribution in [0.5, 0.6) is 0 Å². The summed E-state index contributed by atoms with van der Waals surface area (Å²) in [6.07, 6.45) is 16.3. The number of amides is 6. The number of nitrogens with one attached hydrogen (secondary N) is 6. The van der Waals surface area contributed by atoms with E-state index >= 15 is 0 Å². The van der Waals surface area contributed by atoms with Gasteiger partial charge >= 0.3 is 0 Å². The van der Waals surface area contributed by atoms with Crippen molar-refractivity contribution in [2.45, 2.75) is 202 Å². The number of rotatable bonds is 34. The van der Waals surface area contributed by atoms with Gasteiger partial charge in [-0.15, -0.1) is 0 Å². The summed E-state index contributed by atoms with van der Waals surface area (Å²) in [6, 6.07) is -2.22. The lowest BCUT2D eigenvalue weighted by molar-refractivity contribution is -0.133. The van der Waals surface area contributed by atoms with Crippen LogP contribution in [0.1, 0.15) is 184 Å². The first-order valence-electron chi connectivity index (χ1n) is 22.1. The summed E-state index contributed by atoms with van der Waals surface area (Å²) < 4.78 is 0. The van der Waals surface area contributed by atoms with Crippen LogP contribution in [0, 0.1) is 17.8 Å². The number of hydrogen-bond acceptors (Lipinski definition) is 6. The second kappa shape index (κ2) is 33.0. The highest BCUT2D eigenvalue weighted by Crippen LogP contribution is 2.14. The van der Waals surface area contributed by atoms with Crippen molar-refractivity contribution in [3.05, 3.63) is 0 Å². The molecule has 0 fully saturated rings. The normalized spacial score (nSPS) is 14.4.